The summed E-state index contributed by atoms with van der Waals surface area (Å²) in [5.74, 6) is 0.179. The molecule has 0 saturated carbocycles. The van der Waals surface area contributed by atoms with Gasteiger partial charge in [0.25, 0.3) is 0 Å². The van der Waals surface area contributed by atoms with Crippen LogP contribution in [0.3, 0.4) is 0 Å². The van der Waals surface area contributed by atoms with Crippen LogP contribution < -0.4 is 10.5 Å². The smallest absolute Gasteiger partial charge is 0.314 e. The van der Waals surface area contributed by atoms with E-state index >= 15 is 0 Å². The second-order valence-electron chi connectivity index (χ2n) is 4.15. The first kappa shape index (κ1) is 14.3. The number of hydrogen-bond acceptors (Lipinski definition) is 6. The molecule has 0 saturated heterocycles. The highest BCUT2D eigenvalue weighted by Crippen LogP contribution is 2.33. The molecule has 1 aromatic heterocycles. The molecule has 0 amide bonds. The van der Waals surface area contributed by atoms with Crippen LogP contribution >= 0.6 is 0 Å². The van der Waals surface area contributed by atoms with Crippen molar-refractivity contribution in [2.24, 2.45) is 10.9 Å². The van der Waals surface area contributed by atoms with E-state index in [1.54, 1.807) is 19.1 Å². The summed E-state index contributed by atoms with van der Waals surface area (Å²) in [4.78, 5) is 14.5. The Labute approximate surface area is 119 Å². The highest BCUT2D eigenvalue weighted by atomic mass is 16.6. The van der Waals surface area contributed by atoms with Gasteiger partial charge in [-0.3, -0.25) is 10.1 Å². The average Bonchev–Trinajstić information content (AvgIpc) is 2.47. The Morgan fingerprint density at radius 1 is 1.43 bits per heavy atom. The number of rotatable bonds is 4. The maximum Gasteiger partial charge on any atom is 0.314 e. The Morgan fingerprint density at radius 3 is 2.76 bits per heavy atom. The Hall–Kier alpha value is -3.16. The predicted octanol–water partition coefficient (Wildman–Crippen LogP) is 2.19. The van der Waals surface area contributed by atoms with Gasteiger partial charge >= 0.3 is 5.69 Å². The Kier molecular flexibility index (Phi) is 3.98. The van der Waals surface area contributed by atoms with Gasteiger partial charge in [0.1, 0.15) is 0 Å². The van der Waals surface area contributed by atoms with Crippen molar-refractivity contribution in [3.8, 4) is 11.6 Å². The summed E-state index contributed by atoms with van der Waals surface area (Å²) in [6.45, 7) is 1.62. The maximum atomic E-state index is 11.1. The summed E-state index contributed by atoms with van der Waals surface area (Å²) in [5.41, 5.74) is 6.20. The normalized spacial score (nSPS) is 11.2. The molecule has 108 valence electrons. The van der Waals surface area contributed by atoms with E-state index in [4.69, 9.17) is 15.7 Å². The lowest BCUT2D eigenvalue weighted by Gasteiger charge is -2.07. The molecule has 1 heterocycles. The van der Waals surface area contributed by atoms with Crippen LogP contribution in [0.25, 0.3) is 0 Å². The summed E-state index contributed by atoms with van der Waals surface area (Å²) in [5, 5.41) is 22.5. The van der Waals surface area contributed by atoms with Crippen LogP contribution in [0.5, 0.6) is 11.6 Å². The Morgan fingerprint density at radius 2 is 2.19 bits per heavy atom. The largest absolute Gasteiger partial charge is 0.432 e. The van der Waals surface area contributed by atoms with E-state index in [9.17, 15) is 10.1 Å². The molecule has 0 bridgehead atoms. The number of oxime groups is 1. The number of pyridine rings is 1. The van der Waals surface area contributed by atoms with Crippen molar-refractivity contribution < 1.29 is 14.9 Å². The van der Waals surface area contributed by atoms with Gasteiger partial charge in [0.2, 0.25) is 11.6 Å². The van der Waals surface area contributed by atoms with Crippen molar-refractivity contribution in [1.29, 1.82) is 0 Å². The van der Waals surface area contributed by atoms with E-state index in [2.05, 4.69) is 10.1 Å². The highest BCUT2D eigenvalue weighted by Gasteiger charge is 2.19. The lowest BCUT2D eigenvalue weighted by Crippen LogP contribution is -2.13. The van der Waals surface area contributed by atoms with Crippen molar-refractivity contribution in [2.75, 3.05) is 0 Å². The number of nitro groups is 1. The van der Waals surface area contributed by atoms with E-state index in [0.717, 1.165) is 0 Å². The molecule has 0 spiro atoms. The van der Waals surface area contributed by atoms with Gasteiger partial charge in [0, 0.05) is 23.4 Å². The molecule has 0 fully saturated rings. The van der Waals surface area contributed by atoms with Crippen molar-refractivity contribution in [3.63, 3.8) is 0 Å². The monoisotopic (exact) mass is 288 g/mol. The Balaban J connectivity index is 2.31. The van der Waals surface area contributed by atoms with Gasteiger partial charge < -0.3 is 15.7 Å². The number of hydrogen-bond donors (Lipinski definition) is 2. The van der Waals surface area contributed by atoms with Gasteiger partial charge in [-0.2, -0.15) is 0 Å². The predicted molar refractivity (Wildman–Crippen MR) is 74.7 cm³/mol. The number of aryl methyl sites for hydroxylation is 1. The number of nitrogens with zero attached hydrogens (tertiary/aromatic N) is 3. The van der Waals surface area contributed by atoms with Crippen LogP contribution in [-0.4, -0.2) is 21.0 Å². The fraction of sp³-hybridized carbons (Fsp3) is 0.0769. The Bertz CT molecular complexity index is 698. The third-order valence-corrected chi connectivity index (χ3v) is 2.74. The molecule has 0 aliphatic heterocycles. The third kappa shape index (κ3) is 3.06. The molecule has 2 aromatic rings. The molecule has 21 heavy (non-hydrogen) atoms. The first-order chi connectivity index (χ1) is 10.0. The number of para-hydroxylation sites is 1. The molecular weight excluding hydrogens is 276 g/mol. The minimum atomic E-state index is -0.505. The molecular formula is C13H12N4O4. The number of amidine groups is 1. The molecule has 1 aromatic carbocycles. The number of nitrogens with two attached hydrogens (primary N) is 1. The maximum absolute atomic E-state index is 11.1. The van der Waals surface area contributed by atoms with Gasteiger partial charge in [-0.15, -0.1) is 0 Å². The van der Waals surface area contributed by atoms with Crippen LogP contribution in [0.4, 0.5) is 5.69 Å². The van der Waals surface area contributed by atoms with Crippen LogP contribution in [-0.2, 0) is 0 Å². The highest BCUT2D eigenvalue weighted by molar-refractivity contribution is 5.96. The fourth-order valence-electron chi connectivity index (χ4n) is 1.71. The van der Waals surface area contributed by atoms with Crippen LogP contribution in [0.15, 0.2) is 41.7 Å². The molecule has 3 N–H and O–H groups in total. The van der Waals surface area contributed by atoms with Crippen molar-refractivity contribution in [3.05, 3.63) is 57.8 Å². The SMILES string of the molecule is Cc1cccc(Oc2ccc(/C(N)=N/O)cn2)c1[N+](=O)[O-]. The van der Waals surface area contributed by atoms with Gasteiger partial charge in [0.05, 0.1) is 4.92 Å². The van der Waals surface area contributed by atoms with Gasteiger partial charge in [-0.1, -0.05) is 17.3 Å². The molecule has 8 nitrogen and oxygen atoms in total. The first-order valence-corrected chi connectivity index (χ1v) is 5.88. The molecule has 0 unspecified atom stereocenters. The molecule has 0 aliphatic carbocycles. The second-order valence-corrected chi connectivity index (χ2v) is 4.15. The van der Waals surface area contributed by atoms with Crippen LogP contribution in [0.2, 0.25) is 0 Å². The standard InChI is InChI=1S/C13H12N4O4/c1-8-3-2-4-10(12(8)17(19)20)21-11-6-5-9(7-15-11)13(14)16-18/h2-7,18H,1H3,(H2,14,16). The quantitative estimate of drug-likeness (QED) is 0.292. The minimum Gasteiger partial charge on any atom is -0.432 e. The van der Waals surface area contributed by atoms with E-state index in [0.29, 0.717) is 11.1 Å². The zero-order chi connectivity index (χ0) is 15.4. The van der Waals surface area contributed by atoms with Crippen molar-refractivity contribution >= 4 is 11.5 Å². The van der Waals surface area contributed by atoms with Crippen LogP contribution in [0, 0.1) is 17.0 Å². The van der Waals surface area contributed by atoms with E-state index in [-0.39, 0.29) is 23.2 Å². The van der Waals surface area contributed by atoms with E-state index in [1.165, 1.54) is 24.4 Å². The molecule has 0 radical (unpaired) electrons. The topological polar surface area (TPSA) is 124 Å². The number of aromatic nitrogens is 1. The second kappa shape index (κ2) is 5.87. The summed E-state index contributed by atoms with van der Waals surface area (Å²) in [6.07, 6.45) is 1.34. The lowest BCUT2D eigenvalue weighted by atomic mass is 10.2. The summed E-state index contributed by atoms with van der Waals surface area (Å²) >= 11 is 0. The zero-order valence-corrected chi connectivity index (χ0v) is 11.1. The lowest BCUT2D eigenvalue weighted by molar-refractivity contribution is -0.386. The van der Waals surface area contributed by atoms with Gasteiger partial charge in [0.15, 0.2) is 5.84 Å². The van der Waals surface area contributed by atoms with Crippen molar-refractivity contribution in [1.82, 2.24) is 4.98 Å². The molecule has 0 aliphatic rings. The summed E-state index contributed by atoms with van der Waals surface area (Å²) in [6, 6.07) is 7.77. The van der Waals surface area contributed by atoms with Crippen LogP contribution in [0.1, 0.15) is 11.1 Å². The molecule has 2 rings (SSSR count). The fourth-order valence-corrected chi connectivity index (χ4v) is 1.71. The number of benzene rings is 1. The first-order valence-electron chi connectivity index (χ1n) is 5.88. The number of ether oxygens (including phenoxy) is 1. The molecule has 0 atom stereocenters. The van der Waals surface area contributed by atoms with E-state index in [1.807, 2.05) is 0 Å². The average molecular weight is 288 g/mol. The molecule has 8 heteroatoms. The third-order valence-electron chi connectivity index (χ3n) is 2.74. The van der Waals surface area contributed by atoms with Crippen molar-refractivity contribution in [2.45, 2.75) is 6.92 Å². The van der Waals surface area contributed by atoms with Gasteiger partial charge in [-0.05, 0) is 19.1 Å². The van der Waals surface area contributed by atoms with E-state index < -0.39 is 4.92 Å². The minimum absolute atomic E-state index is 0.0874. The van der Waals surface area contributed by atoms with Gasteiger partial charge in [-0.25, -0.2) is 4.98 Å². The summed E-state index contributed by atoms with van der Waals surface area (Å²) in [7, 11) is 0. The summed E-state index contributed by atoms with van der Waals surface area (Å²) < 4.78 is 5.42. The zero-order valence-electron chi connectivity index (χ0n) is 11.1. The number of nitro benzene ring substituents is 1.